The average molecular weight is 375 g/mol. The molecule has 2 aromatic carbocycles. The van der Waals surface area contributed by atoms with E-state index in [4.69, 9.17) is 0 Å². The quantitative estimate of drug-likeness (QED) is 0.772. The zero-order valence-corrected chi connectivity index (χ0v) is 16.4. The smallest absolute Gasteiger partial charge is 0.251 e. The van der Waals surface area contributed by atoms with Crippen molar-refractivity contribution < 1.29 is 13.2 Å². The van der Waals surface area contributed by atoms with E-state index in [2.05, 4.69) is 23.9 Å². The standard InChI is InChI=1S/C20H26N2O3S/c1-14(2)12-19(16-8-6-5-7-9-16)21-20(23)17-11-10-15(3)18(13-17)22-26(4,24)25/h5-11,13-14,19,22H,12H2,1-4H3,(H,21,23)/t19-/m0/s1. The van der Waals surface area contributed by atoms with Gasteiger partial charge in [-0.15, -0.1) is 0 Å². The van der Waals surface area contributed by atoms with Crippen LogP contribution in [-0.4, -0.2) is 20.6 Å². The SMILES string of the molecule is Cc1ccc(C(=O)N[C@@H](CC(C)C)c2ccccc2)cc1NS(C)(=O)=O. The maximum absolute atomic E-state index is 12.8. The Bertz CT molecular complexity index is 862. The molecule has 0 spiro atoms. The van der Waals surface area contributed by atoms with Gasteiger partial charge >= 0.3 is 0 Å². The summed E-state index contributed by atoms with van der Waals surface area (Å²) in [5.74, 6) is 0.192. The molecule has 0 saturated carbocycles. The third kappa shape index (κ3) is 5.88. The Hall–Kier alpha value is -2.34. The van der Waals surface area contributed by atoms with Gasteiger partial charge in [0, 0.05) is 5.56 Å². The van der Waals surface area contributed by atoms with Crippen LogP contribution >= 0.6 is 0 Å². The molecule has 1 atom stereocenters. The third-order valence-electron chi connectivity index (χ3n) is 4.01. The van der Waals surface area contributed by atoms with Crippen molar-refractivity contribution in [1.29, 1.82) is 0 Å². The zero-order valence-electron chi connectivity index (χ0n) is 15.6. The summed E-state index contributed by atoms with van der Waals surface area (Å²) in [6.07, 6.45) is 1.91. The summed E-state index contributed by atoms with van der Waals surface area (Å²) in [5, 5.41) is 3.07. The second-order valence-electron chi connectivity index (χ2n) is 6.97. The van der Waals surface area contributed by atoms with Gasteiger partial charge in [0.1, 0.15) is 0 Å². The van der Waals surface area contributed by atoms with Crippen LogP contribution in [0.1, 0.15) is 47.8 Å². The van der Waals surface area contributed by atoms with Crippen molar-refractivity contribution in [1.82, 2.24) is 5.32 Å². The Labute approximate surface area is 155 Å². The highest BCUT2D eigenvalue weighted by Crippen LogP contribution is 2.23. The van der Waals surface area contributed by atoms with Crippen molar-refractivity contribution in [2.75, 3.05) is 11.0 Å². The number of benzene rings is 2. The van der Waals surface area contributed by atoms with Crippen LogP contribution in [0.4, 0.5) is 5.69 Å². The lowest BCUT2D eigenvalue weighted by Gasteiger charge is -2.21. The predicted molar refractivity (Wildman–Crippen MR) is 106 cm³/mol. The summed E-state index contributed by atoms with van der Waals surface area (Å²) in [7, 11) is -3.41. The van der Waals surface area contributed by atoms with Gasteiger partial charge in [-0.3, -0.25) is 9.52 Å². The summed E-state index contributed by atoms with van der Waals surface area (Å²) in [6, 6.07) is 14.8. The Balaban J connectivity index is 2.25. The minimum absolute atomic E-state index is 0.101. The van der Waals surface area contributed by atoms with Gasteiger partial charge in [0.05, 0.1) is 18.0 Å². The summed E-state index contributed by atoms with van der Waals surface area (Å²) < 4.78 is 25.5. The van der Waals surface area contributed by atoms with Gasteiger partial charge in [0.2, 0.25) is 10.0 Å². The fourth-order valence-electron chi connectivity index (χ4n) is 2.75. The molecule has 0 aliphatic carbocycles. The van der Waals surface area contributed by atoms with Crippen LogP contribution in [0.15, 0.2) is 48.5 Å². The fourth-order valence-corrected chi connectivity index (χ4v) is 3.37. The van der Waals surface area contributed by atoms with E-state index in [9.17, 15) is 13.2 Å². The Kier molecular flexibility index (Phi) is 6.42. The molecular formula is C20H26N2O3S. The van der Waals surface area contributed by atoms with Crippen LogP contribution < -0.4 is 10.0 Å². The number of rotatable bonds is 7. The predicted octanol–water partition coefficient (Wildman–Crippen LogP) is 3.88. The normalized spacial score (nSPS) is 12.7. The Morgan fingerprint density at radius 1 is 1.08 bits per heavy atom. The van der Waals surface area contributed by atoms with Gasteiger partial charge in [0.25, 0.3) is 5.91 Å². The molecule has 140 valence electrons. The van der Waals surface area contributed by atoms with Crippen LogP contribution in [-0.2, 0) is 10.0 Å². The van der Waals surface area contributed by atoms with Crippen molar-refractivity contribution >= 4 is 21.6 Å². The van der Waals surface area contributed by atoms with Gasteiger partial charge in [-0.1, -0.05) is 50.2 Å². The summed E-state index contributed by atoms with van der Waals surface area (Å²) in [5.41, 5.74) is 2.65. The molecular weight excluding hydrogens is 348 g/mol. The highest BCUT2D eigenvalue weighted by atomic mass is 32.2. The van der Waals surface area contributed by atoms with E-state index in [-0.39, 0.29) is 11.9 Å². The van der Waals surface area contributed by atoms with Gasteiger partial charge in [0.15, 0.2) is 0 Å². The molecule has 2 rings (SSSR count). The summed E-state index contributed by atoms with van der Waals surface area (Å²) >= 11 is 0. The number of anilines is 1. The van der Waals surface area contributed by atoms with Crippen molar-refractivity contribution in [2.45, 2.75) is 33.2 Å². The summed E-state index contributed by atoms with van der Waals surface area (Å²) in [6.45, 7) is 6.02. The first-order valence-electron chi connectivity index (χ1n) is 8.60. The molecule has 1 amide bonds. The van der Waals surface area contributed by atoms with E-state index in [0.717, 1.165) is 23.8 Å². The molecule has 0 aliphatic rings. The number of hydrogen-bond donors (Lipinski definition) is 2. The number of amides is 1. The minimum Gasteiger partial charge on any atom is -0.345 e. The first kappa shape index (κ1) is 20.0. The Morgan fingerprint density at radius 2 is 1.73 bits per heavy atom. The largest absolute Gasteiger partial charge is 0.345 e. The molecule has 0 aliphatic heterocycles. The van der Waals surface area contributed by atoms with Crippen molar-refractivity contribution in [3.8, 4) is 0 Å². The molecule has 2 N–H and O–H groups in total. The van der Waals surface area contributed by atoms with E-state index < -0.39 is 10.0 Å². The second kappa shape index (κ2) is 8.36. The number of carbonyl (C=O) groups is 1. The average Bonchev–Trinajstić information content (AvgIpc) is 2.55. The van der Waals surface area contributed by atoms with Crippen LogP contribution in [0.25, 0.3) is 0 Å². The first-order valence-corrected chi connectivity index (χ1v) is 10.5. The molecule has 0 fully saturated rings. The molecule has 2 aromatic rings. The maximum atomic E-state index is 12.8. The number of aryl methyl sites for hydroxylation is 1. The van der Waals surface area contributed by atoms with E-state index in [1.807, 2.05) is 30.3 Å². The molecule has 5 nitrogen and oxygen atoms in total. The number of nitrogens with one attached hydrogen (secondary N) is 2. The van der Waals surface area contributed by atoms with Crippen LogP contribution in [0.2, 0.25) is 0 Å². The number of carbonyl (C=O) groups excluding carboxylic acids is 1. The number of sulfonamides is 1. The van der Waals surface area contributed by atoms with Crippen molar-refractivity contribution in [3.05, 3.63) is 65.2 Å². The van der Waals surface area contributed by atoms with Crippen molar-refractivity contribution in [3.63, 3.8) is 0 Å². The first-order chi connectivity index (χ1) is 12.2. The van der Waals surface area contributed by atoms with Crippen LogP contribution in [0, 0.1) is 12.8 Å². The monoisotopic (exact) mass is 374 g/mol. The lowest BCUT2D eigenvalue weighted by Crippen LogP contribution is -2.29. The second-order valence-corrected chi connectivity index (χ2v) is 8.72. The zero-order chi connectivity index (χ0) is 19.3. The molecule has 0 aromatic heterocycles. The minimum atomic E-state index is -3.41. The van der Waals surface area contributed by atoms with Crippen LogP contribution in [0.3, 0.4) is 0 Å². The van der Waals surface area contributed by atoms with E-state index >= 15 is 0 Å². The molecule has 0 unspecified atom stereocenters. The number of hydrogen-bond acceptors (Lipinski definition) is 3. The molecule has 0 radical (unpaired) electrons. The molecule has 26 heavy (non-hydrogen) atoms. The lowest BCUT2D eigenvalue weighted by atomic mass is 9.96. The molecule has 0 bridgehead atoms. The van der Waals surface area contributed by atoms with Gasteiger partial charge in [-0.2, -0.15) is 0 Å². The van der Waals surface area contributed by atoms with E-state index in [1.165, 1.54) is 0 Å². The molecule has 0 heterocycles. The lowest BCUT2D eigenvalue weighted by molar-refractivity contribution is 0.0932. The highest BCUT2D eigenvalue weighted by molar-refractivity contribution is 7.92. The maximum Gasteiger partial charge on any atom is 0.251 e. The van der Waals surface area contributed by atoms with Crippen molar-refractivity contribution in [2.24, 2.45) is 5.92 Å². The fraction of sp³-hybridized carbons (Fsp3) is 0.350. The van der Waals surface area contributed by atoms with Gasteiger partial charge in [-0.05, 0) is 42.5 Å². The van der Waals surface area contributed by atoms with E-state index in [1.54, 1.807) is 25.1 Å². The third-order valence-corrected chi connectivity index (χ3v) is 4.60. The van der Waals surface area contributed by atoms with Gasteiger partial charge in [-0.25, -0.2) is 8.42 Å². The Morgan fingerprint density at radius 3 is 2.31 bits per heavy atom. The van der Waals surface area contributed by atoms with Gasteiger partial charge < -0.3 is 5.32 Å². The molecule has 0 saturated heterocycles. The topological polar surface area (TPSA) is 75.3 Å². The highest BCUT2D eigenvalue weighted by Gasteiger charge is 2.18. The van der Waals surface area contributed by atoms with Crippen LogP contribution in [0.5, 0.6) is 0 Å². The summed E-state index contributed by atoms with van der Waals surface area (Å²) in [4.78, 5) is 12.8. The molecule has 6 heteroatoms. The van der Waals surface area contributed by atoms with E-state index in [0.29, 0.717) is 17.2 Å².